The first-order valence-electron chi connectivity index (χ1n) is 3.47. The number of aliphatic hydroxyl groups excluding tert-OH is 1. The van der Waals surface area contributed by atoms with Gasteiger partial charge in [-0.15, -0.1) is 0 Å². The summed E-state index contributed by atoms with van der Waals surface area (Å²) in [6, 6.07) is 0. The van der Waals surface area contributed by atoms with Crippen LogP contribution in [0.15, 0.2) is 0 Å². The molecule has 1 unspecified atom stereocenters. The minimum atomic E-state index is 0.249. The Morgan fingerprint density at radius 3 is 3.11 bits per heavy atom. The van der Waals surface area contributed by atoms with Gasteiger partial charge in [0, 0.05) is 13.0 Å². The van der Waals surface area contributed by atoms with E-state index >= 15 is 0 Å². The maximum Gasteiger partial charge on any atom is 0.109 e. The number of hydrogen-bond donors (Lipinski definition) is 2. The number of hydrogen-bond acceptors (Lipinski definition) is 2. The zero-order chi connectivity index (χ0) is 6.53. The normalized spacial score (nSPS) is 28.3. The fraction of sp³-hybridized carbons (Fsp3) is 1.00. The van der Waals surface area contributed by atoms with Crippen molar-refractivity contribution >= 4 is 0 Å². The fourth-order valence-corrected chi connectivity index (χ4v) is 1.04. The van der Waals surface area contributed by atoms with E-state index < -0.39 is 0 Å². The molecule has 0 bridgehead atoms. The number of morpholine rings is 1. The summed E-state index contributed by atoms with van der Waals surface area (Å²) in [7, 11) is 0. The molecule has 3 N–H and O–H groups in total. The molecule has 0 aliphatic carbocycles. The van der Waals surface area contributed by atoms with E-state index in [9.17, 15) is 0 Å². The number of ether oxygens (including phenoxy) is 1. The van der Waals surface area contributed by atoms with E-state index in [1.165, 1.54) is 0 Å². The molecule has 1 rings (SSSR count). The van der Waals surface area contributed by atoms with Crippen molar-refractivity contribution in [2.45, 2.75) is 12.5 Å². The van der Waals surface area contributed by atoms with Crippen molar-refractivity contribution in [2.75, 3.05) is 26.3 Å². The van der Waals surface area contributed by atoms with Crippen LogP contribution in [-0.2, 0) is 4.74 Å². The summed E-state index contributed by atoms with van der Waals surface area (Å²) >= 11 is 0. The molecule has 54 valence electrons. The molecular weight excluding hydrogens is 118 g/mol. The average molecular weight is 132 g/mol. The summed E-state index contributed by atoms with van der Waals surface area (Å²) in [4.78, 5) is 0. The Morgan fingerprint density at radius 2 is 2.56 bits per heavy atom. The number of rotatable bonds is 2. The molecule has 0 spiro atoms. The molecule has 3 heteroatoms. The molecule has 0 radical (unpaired) electrons. The van der Waals surface area contributed by atoms with E-state index in [1.807, 2.05) is 0 Å². The highest BCUT2D eigenvalue weighted by Gasteiger charge is 2.14. The van der Waals surface area contributed by atoms with Crippen LogP contribution in [0.3, 0.4) is 0 Å². The predicted molar refractivity (Wildman–Crippen MR) is 33.1 cm³/mol. The maximum absolute atomic E-state index is 8.52. The Labute approximate surface area is 55.0 Å². The van der Waals surface area contributed by atoms with Gasteiger partial charge in [-0.25, -0.2) is 0 Å². The van der Waals surface area contributed by atoms with E-state index in [4.69, 9.17) is 9.84 Å². The lowest BCUT2D eigenvalue weighted by Crippen LogP contribution is -2.89. The van der Waals surface area contributed by atoms with Crippen LogP contribution >= 0.6 is 0 Å². The molecule has 1 fully saturated rings. The van der Waals surface area contributed by atoms with Crippen LogP contribution in [0.2, 0.25) is 0 Å². The van der Waals surface area contributed by atoms with Gasteiger partial charge in [-0.05, 0) is 0 Å². The molecule has 0 aromatic carbocycles. The zero-order valence-corrected chi connectivity index (χ0v) is 5.55. The van der Waals surface area contributed by atoms with Gasteiger partial charge in [0.1, 0.15) is 12.6 Å². The van der Waals surface area contributed by atoms with Crippen LogP contribution in [0.4, 0.5) is 0 Å². The Hall–Kier alpha value is -0.120. The summed E-state index contributed by atoms with van der Waals surface area (Å²) in [5.41, 5.74) is 0. The van der Waals surface area contributed by atoms with Crippen molar-refractivity contribution in [2.24, 2.45) is 0 Å². The first-order valence-corrected chi connectivity index (χ1v) is 3.47. The molecule has 0 aromatic rings. The quantitative estimate of drug-likeness (QED) is 0.472. The van der Waals surface area contributed by atoms with Crippen molar-refractivity contribution in [3.8, 4) is 0 Å². The molecule has 0 amide bonds. The van der Waals surface area contributed by atoms with Gasteiger partial charge in [-0.2, -0.15) is 0 Å². The monoisotopic (exact) mass is 132 g/mol. The third-order valence-electron chi connectivity index (χ3n) is 1.56. The Kier molecular flexibility index (Phi) is 2.97. The lowest BCUT2D eigenvalue weighted by molar-refractivity contribution is -0.677. The smallest absolute Gasteiger partial charge is 0.109 e. The molecule has 1 aliphatic heterocycles. The first kappa shape index (κ1) is 6.99. The van der Waals surface area contributed by atoms with Gasteiger partial charge >= 0.3 is 0 Å². The van der Waals surface area contributed by atoms with E-state index in [0.717, 1.165) is 26.1 Å². The molecule has 1 heterocycles. The molecule has 9 heavy (non-hydrogen) atoms. The molecule has 0 aromatic heterocycles. The lowest BCUT2D eigenvalue weighted by Gasteiger charge is -2.19. The Bertz CT molecular complexity index is 68.7. The molecule has 1 saturated heterocycles. The third kappa shape index (κ3) is 2.30. The van der Waals surface area contributed by atoms with Crippen LogP contribution in [0, 0.1) is 0 Å². The highest BCUT2D eigenvalue weighted by molar-refractivity contribution is 4.55. The van der Waals surface area contributed by atoms with Crippen LogP contribution in [0.5, 0.6) is 0 Å². The van der Waals surface area contributed by atoms with Gasteiger partial charge in [-0.3, -0.25) is 0 Å². The van der Waals surface area contributed by atoms with Gasteiger partial charge in [0.05, 0.1) is 13.2 Å². The molecule has 0 saturated carbocycles. The van der Waals surface area contributed by atoms with E-state index in [-0.39, 0.29) is 6.61 Å². The fourth-order valence-electron chi connectivity index (χ4n) is 1.04. The average Bonchev–Trinajstić information content (AvgIpc) is 1.91. The van der Waals surface area contributed by atoms with Crippen LogP contribution in [-0.4, -0.2) is 37.5 Å². The summed E-state index contributed by atoms with van der Waals surface area (Å²) in [6.45, 7) is 3.17. The van der Waals surface area contributed by atoms with Gasteiger partial charge in [0.15, 0.2) is 0 Å². The van der Waals surface area contributed by atoms with Crippen LogP contribution in [0.1, 0.15) is 6.42 Å². The Balaban J connectivity index is 2.08. The van der Waals surface area contributed by atoms with Crippen LogP contribution in [0.25, 0.3) is 0 Å². The van der Waals surface area contributed by atoms with Crippen molar-refractivity contribution in [1.29, 1.82) is 0 Å². The van der Waals surface area contributed by atoms with Crippen LogP contribution < -0.4 is 5.32 Å². The third-order valence-corrected chi connectivity index (χ3v) is 1.56. The van der Waals surface area contributed by atoms with E-state index in [0.29, 0.717) is 6.10 Å². The number of quaternary nitrogens is 1. The molecule has 3 nitrogen and oxygen atoms in total. The SMILES string of the molecule is OCCC1C[NH2+]CCO1. The lowest BCUT2D eigenvalue weighted by atomic mass is 10.2. The first-order chi connectivity index (χ1) is 4.43. The second-order valence-electron chi connectivity index (χ2n) is 2.32. The van der Waals surface area contributed by atoms with E-state index in [1.54, 1.807) is 0 Å². The van der Waals surface area contributed by atoms with Crippen molar-refractivity contribution < 1.29 is 15.2 Å². The highest BCUT2D eigenvalue weighted by atomic mass is 16.5. The topological polar surface area (TPSA) is 46.1 Å². The summed E-state index contributed by atoms with van der Waals surface area (Å²) in [5.74, 6) is 0. The van der Waals surface area contributed by atoms with Crippen molar-refractivity contribution in [3.05, 3.63) is 0 Å². The second-order valence-corrected chi connectivity index (χ2v) is 2.32. The van der Waals surface area contributed by atoms with Gasteiger partial charge in [0.2, 0.25) is 0 Å². The predicted octanol–water partition coefficient (Wildman–Crippen LogP) is -1.67. The largest absolute Gasteiger partial charge is 0.396 e. The standard InChI is InChI=1S/C6H13NO2/c8-3-1-6-5-7-2-4-9-6/h6-8H,1-5H2/p+1. The molecule has 1 aliphatic rings. The summed E-state index contributed by atoms with van der Waals surface area (Å²) in [6.07, 6.45) is 1.08. The highest BCUT2D eigenvalue weighted by Crippen LogP contribution is 1.95. The van der Waals surface area contributed by atoms with Crippen molar-refractivity contribution in [1.82, 2.24) is 0 Å². The molecular formula is C6H14NO2+. The summed E-state index contributed by atoms with van der Waals surface area (Å²) < 4.78 is 5.33. The van der Waals surface area contributed by atoms with E-state index in [2.05, 4.69) is 5.32 Å². The van der Waals surface area contributed by atoms with Gasteiger partial charge in [0.25, 0.3) is 0 Å². The number of aliphatic hydroxyl groups is 1. The van der Waals surface area contributed by atoms with Crippen molar-refractivity contribution in [3.63, 3.8) is 0 Å². The maximum atomic E-state index is 8.52. The molecule has 1 atom stereocenters. The van der Waals surface area contributed by atoms with Gasteiger partial charge in [-0.1, -0.05) is 0 Å². The zero-order valence-electron chi connectivity index (χ0n) is 5.55. The minimum Gasteiger partial charge on any atom is -0.396 e. The van der Waals surface area contributed by atoms with Gasteiger partial charge < -0.3 is 15.2 Å². The Morgan fingerprint density at radius 1 is 1.67 bits per heavy atom. The minimum absolute atomic E-state index is 0.249. The number of nitrogens with two attached hydrogens (primary N) is 1. The summed E-state index contributed by atoms with van der Waals surface area (Å²) in [5, 5.41) is 10.8. The second kappa shape index (κ2) is 3.82.